The minimum atomic E-state index is -0.378. The summed E-state index contributed by atoms with van der Waals surface area (Å²) in [7, 11) is 0. The van der Waals surface area contributed by atoms with E-state index < -0.39 is 0 Å². The van der Waals surface area contributed by atoms with Crippen LogP contribution in [-0.2, 0) is 4.79 Å². The molecule has 0 heterocycles. The number of phenolic OH excluding ortho intramolecular Hbond substituents is 1. The molecule has 0 unspecified atom stereocenters. The maximum atomic E-state index is 13.6. The average Bonchev–Trinajstić information content (AvgIpc) is 2.88. The predicted octanol–water partition coefficient (Wildman–Crippen LogP) is 8.10. The van der Waals surface area contributed by atoms with Crippen molar-refractivity contribution in [2.24, 2.45) is 5.92 Å². The van der Waals surface area contributed by atoms with Crippen LogP contribution in [0.25, 0.3) is 32.7 Å². The lowest BCUT2D eigenvalue weighted by atomic mass is 9.90. The topological polar surface area (TPSA) is 46.5 Å². The summed E-state index contributed by atoms with van der Waals surface area (Å²) in [6.45, 7) is 4.22. The molecule has 0 aromatic heterocycles. The first-order valence-electron chi connectivity index (χ1n) is 12.0. The van der Waals surface area contributed by atoms with Crippen molar-refractivity contribution in [3.8, 4) is 22.6 Å². The zero-order valence-electron chi connectivity index (χ0n) is 19.9. The Hall–Kier alpha value is -4.11. The number of phenols is 1. The van der Waals surface area contributed by atoms with E-state index in [0.29, 0.717) is 23.7 Å². The van der Waals surface area contributed by atoms with Gasteiger partial charge in [0.15, 0.2) is 0 Å². The van der Waals surface area contributed by atoms with Gasteiger partial charge in [0.2, 0.25) is 0 Å². The first-order chi connectivity index (χ1) is 17.0. The third-order valence-corrected chi connectivity index (χ3v) is 6.45. The number of hydrogen-bond donors (Lipinski definition) is 1. The Kier molecular flexibility index (Phi) is 6.24. The van der Waals surface area contributed by atoms with E-state index in [4.69, 9.17) is 4.74 Å². The molecule has 5 rings (SSSR count). The number of ether oxygens (including phenoxy) is 1. The van der Waals surface area contributed by atoms with E-state index in [1.54, 1.807) is 6.07 Å². The molecule has 0 fully saturated rings. The Balaban J connectivity index is 1.68. The monoisotopic (exact) mass is 460 g/mol. The van der Waals surface area contributed by atoms with E-state index in [9.17, 15) is 9.90 Å². The van der Waals surface area contributed by atoms with Crippen LogP contribution in [0.4, 0.5) is 0 Å². The third-order valence-electron chi connectivity index (χ3n) is 6.45. The van der Waals surface area contributed by atoms with Crippen molar-refractivity contribution in [1.82, 2.24) is 0 Å². The molecule has 3 heteroatoms. The molecule has 0 aliphatic rings. The first kappa shape index (κ1) is 22.7. The van der Waals surface area contributed by atoms with Gasteiger partial charge in [0.1, 0.15) is 11.5 Å². The van der Waals surface area contributed by atoms with Gasteiger partial charge in [-0.3, -0.25) is 4.79 Å². The van der Waals surface area contributed by atoms with Gasteiger partial charge in [-0.05, 0) is 51.6 Å². The zero-order chi connectivity index (χ0) is 24.4. The van der Waals surface area contributed by atoms with Gasteiger partial charge in [-0.2, -0.15) is 0 Å². The number of fused-ring (bicyclic) bond motifs is 2. The molecule has 0 spiro atoms. The number of hydrogen-bond acceptors (Lipinski definition) is 3. The van der Waals surface area contributed by atoms with E-state index >= 15 is 0 Å². The Bertz CT molecular complexity index is 1500. The molecule has 0 amide bonds. The van der Waals surface area contributed by atoms with E-state index in [1.807, 2.05) is 97.1 Å². The van der Waals surface area contributed by atoms with Gasteiger partial charge in [-0.25, -0.2) is 0 Å². The van der Waals surface area contributed by atoms with Crippen LogP contribution < -0.4 is 4.74 Å². The van der Waals surface area contributed by atoms with Crippen molar-refractivity contribution in [3.63, 3.8) is 0 Å². The lowest BCUT2D eigenvalue weighted by Crippen LogP contribution is -2.21. The van der Waals surface area contributed by atoms with Crippen LogP contribution in [-0.4, -0.2) is 11.1 Å². The summed E-state index contributed by atoms with van der Waals surface area (Å²) in [6.07, 6.45) is 0.686. The van der Waals surface area contributed by atoms with Crippen molar-refractivity contribution < 1.29 is 14.6 Å². The number of carbonyl (C=O) groups is 1. The smallest absolute Gasteiger partial charge is 0.318 e. The molecule has 0 saturated heterocycles. The first-order valence-corrected chi connectivity index (χ1v) is 12.0. The average molecular weight is 461 g/mol. The predicted molar refractivity (Wildman–Crippen MR) is 143 cm³/mol. The molecular weight excluding hydrogens is 432 g/mol. The van der Waals surface area contributed by atoms with E-state index in [1.165, 1.54) is 0 Å². The number of carbonyl (C=O) groups excluding carboxylic acids is 1. The Morgan fingerprint density at radius 2 is 1.29 bits per heavy atom. The molecule has 35 heavy (non-hydrogen) atoms. The largest absolute Gasteiger partial charge is 0.507 e. The number of aromatic hydroxyl groups is 1. The molecular formula is C32H28O3. The van der Waals surface area contributed by atoms with Crippen molar-refractivity contribution in [2.45, 2.75) is 26.2 Å². The molecule has 0 aliphatic carbocycles. The molecule has 5 aromatic rings. The van der Waals surface area contributed by atoms with Crippen LogP contribution in [0, 0.1) is 5.92 Å². The normalized spacial score (nSPS) is 12.2. The second-order valence-corrected chi connectivity index (χ2v) is 9.35. The summed E-state index contributed by atoms with van der Waals surface area (Å²) < 4.78 is 6.18. The molecule has 174 valence electrons. The van der Waals surface area contributed by atoms with Gasteiger partial charge in [0, 0.05) is 11.1 Å². The lowest BCUT2D eigenvalue weighted by molar-refractivity contribution is -0.136. The van der Waals surface area contributed by atoms with Crippen molar-refractivity contribution in [1.29, 1.82) is 0 Å². The summed E-state index contributed by atoms with van der Waals surface area (Å²) in [5.41, 5.74) is 2.34. The highest BCUT2D eigenvalue weighted by molar-refractivity contribution is 6.10. The Morgan fingerprint density at radius 3 is 1.94 bits per heavy atom. The van der Waals surface area contributed by atoms with Crippen molar-refractivity contribution in [2.75, 3.05) is 0 Å². The maximum Gasteiger partial charge on any atom is 0.318 e. The maximum absolute atomic E-state index is 13.6. The zero-order valence-corrected chi connectivity index (χ0v) is 19.9. The van der Waals surface area contributed by atoms with Crippen LogP contribution in [0.2, 0.25) is 0 Å². The van der Waals surface area contributed by atoms with Crippen LogP contribution in [0.3, 0.4) is 0 Å². The van der Waals surface area contributed by atoms with E-state index in [-0.39, 0.29) is 17.6 Å². The summed E-state index contributed by atoms with van der Waals surface area (Å²) in [5, 5.41) is 14.9. The van der Waals surface area contributed by atoms with Crippen LogP contribution >= 0.6 is 0 Å². The Labute approximate surface area is 205 Å². The van der Waals surface area contributed by atoms with Gasteiger partial charge in [0.25, 0.3) is 0 Å². The molecule has 0 aliphatic heterocycles. The van der Waals surface area contributed by atoms with E-state index in [2.05, 4.69) is 13.8 Å². The highest BCUT2D eigenvalue weighted by atomic mass is 16.5. The summed E-state index contributed by atoms with van der Waals surface area (Å²) in [4.78, 5) is 13.6. The molecule has 5 aromatic carbocycles. The SMILES string of the molecule is CC(C)C[C@@H](C(=O)Oc1ccc2ccccc2c1-c1c(O)ccc2ccccc12)c1ccccc1. The van der Waals surface area contributed by atoms with Gasteiger partial charge in [0.05, 0.1) is 5.92 Å². The quantitative estimate of drug-likeness (QED) is 0.206. The van der Waals surface area contributed by atoms with E-state index in [0.717, 1.165) is 32.7 Å². The number of rotatable bonds is 6. The van der Waals surface area contributed by atoms with Crippen molar-refractivity contribution in [3.05, 3.63) is 109 Å². The minimum Gasteiger partial charge on any atom is -0.507 e. The molecule has 3 nitrogen and oxygen atoms in total. The molecule has 1 atom stereocenters. The van der Waals surface area contributed by atoms with Crippen LogP contribution in [0.15, 0.2) is 103 Å². The number of benzene rings is 5. The molecule has 0 bridgehead atoms. The fourth-order valence-corrected chi connectivity index (χ4v) is 4.82. The summed E-state index contributed by atoms with van der Waals surface area (Å²) >= 11 is 0. The fourth-order valence-electron chi connectivity index (χ4n) is 4.82. The minimum absolute atomic E-state index is 0.152. The van der Waals surface area contributed by atoms with Gasteiger partial charge < -0.3 is 9.84 Å². The Morgan fingerprint density at radius 1 is 0.714 bits per heavy atom. The van der Waals surface area contributed by atoms with Crippen LogP contribution in [0.5, 0.6) is 11.5 Å². The summed E-state index contributed by atoms with van der Waals surface area (Å²) in [5.74, 6) is 0.257. The number of esters is 1. The molecule has 0 saturated carbocycles. The summed E-state index contributed by atoms with van der Waals surface area (Å²) in [6, 6.07) is 33.1. The van der Waals surface area contributed by atoms with Gasteiger partial charge in [-0.15, -0.1) is 0 Å². The third kappa shape index (κ3) is 4.50. The highest BCUT2D eigenvalue weighted by Crippen LogP contribution is 2.45. The van der Waals surface area contributed by atoms with Gasteiger partial charge in [-0.1, -0.05) is 105 Å². The van der Waals surface area contributed by atoms with Gasteiger partial charge >= 0.3 is 5.97 Å². The second-order valence-electron chi connectivity index (χ2n) is 9.35. The van der Waals surface area contributed by atoms with Crippen LogP contribution in [0.1, 0.15) is 31.7 Å². The molecule has 0 radical (unpaired) electrons. The second kappa shape index (κ2) is 9.63. The lowest BCUT2D eigenvalue weighted by Gasteiger charge is -2.21. The van der Waals surface area contributed by atoms with Crippen molar-refractivity contribution >= 4 is 27.5 Å². The fraction of sp³-hybridized carbons (Fsp3) is 0.156. The molecule has 1 N–H and O–H groups in total. The highest BCUT2D eigenvalue weighted by Gasteiger charge is 2.26. The standard InChI is InChI=1S/C32H28O3/c1-21(2)20-27(22-10-4-3-5-11-22)32(34)35-29-19-17-24-13-7-9-15-26(24)31(29)30-25-14-8-6-12-23(25)16-18-28(30)33/h3-19,21,27,33H,20H2,1-2H3/t27-/m1/s1.